The molecule has 0 amide bonds. The fourth-order valence-electron chi connectivity index (χ4n) is 5.60. The van der Waals surface area contributed by atoms with Crippen molar-refractivity contribution in [3.63, 3.8) is 0 Å². The second-order valence-electron chi connectivity index (χ2n) is 14.3. The van der Waals surface area contributed by atoms with E-state index in [-0.39, 0.29) is 164 Å². The van der Waals surface area contributed by atoms with Crippen molar-refractivity contribution < 1.29 is 221 Å². The standard InChI is InChI=1S/2C18H36N2O6.3C2I4.2HI.2Rb/c2*1-7-21-13-14-24-10-4-20-5-11-25-17-15-22-8-2-19(1)3-9-23-16-18-26-12-6-20;3*3-1(4)2(5)6;;;;/h2*1-18H2;;;;2*1H;;/q;;;;;;;2*+1/p-2. The maximum absolute atomic E-state index is 5.70. The SMILES string of the molecule is C1COCCN2CCOCCOCCN(CCO1)CCOCCOCC2.C1COCCN2CCOCCOCCN(CCO1)CCOCCOCC2.IC(I)=C(I)I.IC(I)=C(I)I.IC(I)=C(I)I.[I-].[I-].[Rb+].[Rb+]. The summed E-state index contributed by atoms with van der Waals surface area (Å²) in [6.07, 6.45) is 0. The molecule has 0 atom stereocenters. The van der Waals surface area contributed by atoms with Crippen molar-refractivity contribution in [3.05, 3.63) is 9.52 Å². The van der Waals surface area contributed by atoms with Gasteiger partial charge in [-0.1, -0.05) is 0 Å². The molecule has 6 fully saturated rings. The smallest absolute Gasteiger partial charge is 1.00 e. The Bertz CT molecular complexity index is 998. The Hall–Kier alpha value is 12.4. The molecule has 432 valence electrons. The Morgan fingerprint density at radius 2 is 0.257 bits per heavy atom. The van der Waals surface area contributed by atoms with Crippen LogP contribution in [0.2, 0.25) is 0 Å². The van der Waals surface area contributed by atoms with E-state index in [4.69, 9.17) is 56.8 Å². The van der Waals surface area contributed by atoms with Crippen LogP contribution in [0.1, 0.15) is 0 Å². The first-order valence-electron chi connectivity index (χ1n) is 22.7. The summed E-state index contributed by atoms with van der Waals surface area (Å²) in [5.41, 5.74) is 0. The van der Waals surface area contributed by atoms with E-state index < -0.39 is 0 Å². The van der Waals surface area contributed by atoms with Gasteiger partial charge in [-0.15, -0.1) is 0 Å². The number of rotatable bonds is 0. The third kappa shape index (κ3) is 71.8. The summed E-state index contributed by atoms with van der Waals surface area (Å²) in [7, 11) is 0. The van der Waals surface area contributed by atoms with Crippen molar-refractivity contribution in [1.29, 1.82) is 0 Å². The van der Waals surface area contributed by atoms with Crippen LogP contribution in [0.5, 0.6) is 0 Å². The predicted octanol–water partition coefficient (Wildman–Crippen LogP) is -0.991. The summed E-state index contributed by atoms with van der Waals surface area (Å²) in [6, 6.07) is 0. The molecular weight excluding hydrogens is 2700 g/mol. The maximum atomic E-state index is 5.70. The fraction of sp³-hybridized carbons (Fsp3) is 0.857. The molecule has 0 aromatic rings. The van der Waals surface area contributed by atoms with Gasteiger partial charge in [0, 0.05) is 78.5 Å². The van der Waals surface area contributed by atoms with Crippen LogP contribution in [-0.4, -0.2) is 257 Å². The summed E-state index contributed by atoms with van der Waals surface area (Å²) in [5.74, 6) is 0. The molecule has 6 rings (SSSR count). The van der Waals surface area contributed by atoms with E-state index in [1.807, 2.05) is 0 Å². The van der Waals surface area contributed by atoms with E-state index in [1.165, 1.54) is 9.52 Å². The number of nitrogens with zero attached hydrogens (tertiary/aromatic N) is 4. The molecule has 0 aromatic carbocycles. The van der Waals surface area contributed by atoms with Crippen LogP contribution >= 0.6 is 271 Å². The van der Waals surface area contributed by atoms with Crippen LogP contribution < -0.4 is 164 Å². The quantitative estimate of drug-likeness (QED) is 0.276. The van der Waals surface area contributed by atoms with Gasteiger partial charge >= 0.3 is 116 Å². The predicted molar refractivity (Wildman–Crippen MR) is 385 cm³/mol. The van der Waals surface area contributed by atoms with E-state index in [1.54, 1.807) is 0 Å². The molecule has 0 aromatic heterocycles. The van der Waals surface area contributed by atoms with Gasteiger partial charge in [0.15, 0.2) is 0 Å². The van der Waals surface area contributed by atoms with Gasteiger partial charge in [-0.05, 0) is 271 Å². The number of fused-ring (bicyclic) bond motifs is 42. The van der Waals surface area contributed by atoms with Crippen molar-refractivity contribution in [2.45, 2.75) is 0 Å². The molecule has 6 aliphatic heterocycles. The average Bonchev–Trinajstić information content (AvgIpc) is 3.32. The van der Waals surface area contributed by atoms with Gasteiger partial charge < -0.3 is 105 Å². The molecule has 74 heavy (non-hydrogen) atoms. The molecule has 0 radical (unpaired) electrons. The zero-order chi connectivity index (χ0) is 51.7. The van der Waals surface area contributed by atoms with Gasteiger partial charge in [0.05, 0.1) is 168 Å². The summed E-state index contributed by atoms with van der Waals surface area (Å²) in [6.45, 7) is 26.4. The van der Waals surface area contributed by atoms with Crippen LogP contribution in [0.15, 0.2) is 9.52 Å². The minimum atomic E-state index is 0. The summed E-state index contributed by atoms with van der Waals surface area (Å²) < 4.78 is 76.4. The largest absolute Gasteiger partial charge is 1.00 e. The Balaban J connectivity index is -0.000000309. The zero-order valence-electron chi connectivity index (χ0n) is 42.4. The zero-order valence-corrected chi connectivity index (χ0v) is 82.5. The first-order chi connectivity index (χ1) is 33.8. The topological polar surface area (TPSA) is 124 Å². The van der Waals surface area contributed by atoms with Crippen molar-refractivity contribution in [1.82, 2.24) is 19.6 Å². The van der Waals surface area contributed by atoms with Crippen LogP contribution in [0, 0.1) is 0 Å². The molecule has 6 aliphatic rings. The number of hydrogen-bond donors (Lipinski definition) is 0. The maximum Gasteiger partial charge on any atom is 1.00 e. The molecule has 0 N–H and O–H groups in total. The fourth-order valence-corrected chi connectivity index (χ4v) is 5.60. The molecule has 0 unspecified atom stereocenters. The van der Waals surface area contributed by atoms with E-state index in [0.717, 1.165) is 78.5 Å². The van der Waals surface area contributed by atoms with Gasteiger partial charge in [-0.25, -0.2) is 0 Å². The molecule has 0 saturated carbocycles. The van der Waals surface area contributed by atoms with Crippen molar-refractivity contribution >= 4 is 271 Å². The monoisotopic (exact) mass is 2770 g/mol. The number of ether oxygens (including phenoxy) is 12. The molecular formula is C42H72I14N4O12Rb2. The Labute approximate surface area is 740 Å². The van der Waals surface area contributed by atoms with Gasteiger partial charge in [0.1, 0.15) is 0 Å². The second-order valence-corrected chi connectivity index (χ2v) is 39.6. The molecule has 16 nitrogen and oxygen atoms in total. The van der Waals surface area contributed by atoms with E-state index in [9.17, 15) is 0 Å². The molecule has 32 heteroatoms. The number of hydrogen-bond acceptors (Lipinski definition) is 16. The van der Waals surface area contributed by atoms with Crippen LogP contribution in [0.3, 0.4) is 0 Å². The minimum absolute atomic E-state index is 0. The molecule has 0 aliphatic carbocycles. The average molecular weight is 2770 g/mol. The first kappa shape index (κ1) is 95.1. The summed E-state index contributed by atoms with van der Waals surface area (Å²) in [5, 5.41) is 0. The van der Waals surface area contributed by atoms with Gasteiger partial charge in [0.2, 0.25) is 0 Å². The summed E-state index contributed by atoms with van der Waals surface area (Å²) in [4.78, 5) is 9.25. The Kier molecular flexibility index (Phi) is 95.7. The van der Waals surface area contributed by atoms with E-state index >= 15 is 0 Å². The van der Waals surface area contributed by atoms with Crippen molar-refractivity contribution in [2.75, 3.05) is 237 Å². The van der Waals surface area contributed by atoms with Crippen molar-refractivity contribution in [2.24, 2.45) is 0 Å². The van der Waals surface area contributed by atoms with Crippen LogP contribution in [0.25, 0.3) is 0 Å². The normalized spacial score (nSPS) is 23.4. The van der Waals surface area contributed by atoms with Crippen molar-refractivity contribution in [3.8, 4) is 0 Å². The van der Waals surface area contributed by atoms with Crippen LogP contribution in [0.4, 0.5) is 0 Å². The van der Waals surface area contributed by atoms with Gasteiger partial charge in [-0.2, -0.15) is 0 Å². The Morgan fingerprint density at radius 3 is 0.324 bits per heavy atom. The number of halogens is 14. The minimum Gasteiger partial charge on any atom is -1.00 e. The first-order valence-corrected chi connectivity index (χ1v) is 35.7. The van der Waals surface area contributed by atoms with Gasteiger partial charge in [0.25, 0.3) is 0 Å². The molecule has 4 bridgehead atoms. The molecule has 6 saturated heterocycles. The molecule has 0 spiro atoms. The second kappa shape index (κ2) is 74.5. The third-order valence-corrected chi connectivity index (χ3v) is 28.1. The summed E-state index contributed by atoms with van der Waals surface area (Å²) >= 11 is 27.4. The molecule has 6 heterocycles. The van der Waals surface area contributed by atoms with Crippen LogP contribution in [-0.2, 0) is 56.8 Å². The van der Waals surface area contributed by atoms with Gasteiger partial charge in [-0.3, -0.25) is 19.6 Å². The van der Waals surface area contributed by atoms with E-state index in [2.05, 4.69) is 291 Å². The third-order valence-electron chi connectivity index (χ3n) is 9.28. The van der Waals surface area contributed by atoms with E-state index in [0.29, 0.717) is 159 Å². The Morgan fingerprint density at radius 1 is 0.176 bits per heavy atom.